The monoisotopic (exact) mass is 422 g/mol. The van der Waals surface area contributed by atoms with E-state index in [9.17, 15) is 24.0 Å². The van der Waals surface area contributed by atoms with Crippen molar-refractivity contribution in [2.45, 2.75) is 25.7 Å². The van der Waals surface area contributed by atoms with E-state index in [-0.39, 0.29) is 37.2 Å². The van der Waals surface area contributed by atoms with Gasteiger partial charge in [0, 0.05) is 12.8 Å². The van der Waals surface area contributed by atoms with Crippen LogP contribution >= 0.6 is 22.7 Å². The Kier molecular flexibility index (Phi) is 8.70. The molecule has 0 aliphatic heterocycles. The van der Waals surface area contributed by atoms with E-state index in [4.69, 9.17) is 9.47 Å². The molecule has 0 saturated heterocycles. The van der Waals surface area contributed by atoms with Gasteiger partial charge in [-0.1, -0.05) is 12.1 Å². The summed E-state index contributed by atoms with van der Waals surface area (Å²) in [6.45, 7) is -1.07. The molecule has 9 heteroatoms. The van der Waals surface area contributed by atoms with Gasteiger partial charge < -0.3 is 9.47 Å². The van der Waals surface area contributed by atoms with Gasteiger partial charge in [0.05, 0.1) is 22.6 Å². The smallest absolute Gasteiger partial charge is 0.306 e. The second kappa shape index (κ2) is 11.3. The molecule has 0 aliphatic carbocycles. The summed E-state index contributed by atoms with van der Waals surface area (Å²) in [5.41, 5.74) is 0. The summed E-state index contributed by atoms with van der Waals surface area (Å²) in [7, 11) is 0. The van der Waals surface area contributed by atoms with Crippen molar-refractivity contribution in [1.82, 2.24) is 0 Å². The van der Waals surface area contributed by atoms with E-state index in [2.05, 4.69) is 0 Å². The van der Waals surface area contributed by atoms with Crippen molar-refractivity contribution in [1.29, 1.82) is 0 Å². The number of ether oxygens (including phenoxy) is 2. The molecule has 0 fully saturated rings. The number of rotatable bonds is 12. The first kappa shape index (κ1) is 21.6. The topological polar surface area (TPSA) is 104 Å². The SMILES string of the molecule is O=C(COC(=O)CCC(=O)c1cccs1)COC(=O)CCC(=O)c1cccs1. The Hall–Kier alpha value is -2.65. The Morgan fingerprint density at radius 1 is 0.679 bits per heavy atom. The molecule has 0 radical (unpaired) electrons. The van der Waals surface area contributed by atoms with Gasteiger partial charge in [-0.05, 0) is 22.9 Å². The van der Waals surface area contributed by atoms with Gasteiger partial charge in [0.1, 0.15) is 0 Å². The number of thiophene rings is 2. The molecule has 2 aromatic heterocycles. The van der Waals surface area contributed by atoms with Crippen molar-refractivity contribution in [3.05, 3.63) is 44.8 Å². The van der Waals surface area contributed by atoms with Crippen molar-refractivity contribution in [3.8, 4) is 0 Å². The zero-order valence-corrected chi connectivity index (χ0v) is 16.5. The fourth-order valence-electron chi connectivity index (χ4n) is 2.06. The minimum Gasteiger partial charge on any atom is -0.458 e. The largest absolute Gasteiger partial charge is 0.458 e. The zero-order chi connectivity index (χ0) is 20.4. The average Bonchev–Trinajstić information content (AvgIpc) is 3.40. The zero-order valence-electron chi connectivity index (χ0n) is 14.9. The van der Waals surface area contributed by atoms with Crippen molar-refractivity contribution >= 4 is 52.0 Å². The summed E-state index contributed by atoms with van der Waals surface area (Å²) in [5, 5.41) is 3.53. The highest BCUT2D eigenvalue weighted by Gasteiger charge is 2.15. The Morgan fingerprint density at radius 3 is 1.46 bits per heavy atom. The van der Waals surface area contributed by atoms with E-state index in [1.54, 1.807) is 35.0 Å². The Labute approximate surface area is 169 Å². The highest BCUT2D eigenvalue weighted by Crippen LogP contribution is 2.13. The molecule has 0 aromatic carbocycles. The number of esters is 2. The second-order valence-electron chi connectivity index (χ2n) is 5.66. The quantitative estimate of drug-likeness (QED) is 0.382. The predicted octanol–water partition coefficient (Wildman–Crippen LogP) is 3.09. The van der Waals surface area contributed by atoms with E-state index >= 15 is 0 Å². The maximum absolute atomic E-state index is 11.8. The summed E-state index contributed by atoms with van der Waals surface area (Å²) < 4.78 is 9.54. The predicted molar refractivity (Wildman–Crippen MR) is 103 cm³/mol. The molecular weight excluding hydrogens is 404 g/mol. The molecular formula is C19H18O7S2. The third kappa shape index (κ3) is 7.53. The minimum absolute atomic E-state index is 0.000786. The fraction of sp³-hybridized carbons (Fsp3) is 0.316. The van der Waals surface area contributed by atoms with Gasteiger partial charge in [0.15, 0.2) is 24.8 Å². The van der Waals surface area contributed by atoms with Crippen molar-refractivity contribution < 1.29 is 33.4 Å². The Balaban J connectivity index is 1.56. The van der Waals surface area contributed by atoms with Crippen LogP contribution in [0.15, 0.2) is 35.0 Å². The lowest BCUT2D eigenvalue weighted by molar-refractivity contribution is -0.153. The van der Waals surface area contributed by atoms with Crippen LogP contribution in [0.5, 0.6) is 0 Å². The summed E-state index contributed by atoms with van der Waals surface area (Å²) in [6, 6.07) is 6.83. The maximum Gasteiger partial charge on any atom is 0.306 e. The molecule has 2 rings (SSSR count). The summed E-state index contributed by atoms with van der Waals surface area (Å²) in [6.07, 6.45) is -0.259. The van der Waals surface area contributed by atoms with Gasteiger partial charge in [-0.25, -0.2) is 0 Å². The molecule has 0 atom stereocenters. The van der Waals surface area contributed by atoms with E-state index < -0.39 is 30.9 Å². The van der Waals surface area contributed by atoms with Gasteiger partial charge in [0.2, 0.25) is 5.78 Å². The molecule has 0 saturated carbocycles. The average molecular weight is 422 g/mol. The maximum atomic E-state index is 11.8. The molecule has 0 unspecified atom stereocenters. The molecule has 2 aromatic rings. The van der Waals surface area contributed by atoms with Crippen LogP contribution in [-0.4, -0.2) is 42.5 Å². The van der Waals surface area contributed by atoms with Crippen LogP contribution in [0.25, 0.3) is 0 Å². The number of Topliss-reactive ketones (excluding diaryl/α,β-unsaturated/α-hetero) is 3. The second-order valence-corrected chi connectivity index (χ2v) is 7.56. The van der Waals surface area contributed by atoms with Crippen molar-refractivity contribution in [2.75, 3.05) is 13.2 Å². The number of hydrogen-bond acceptors (Lipinski definition) is 9. The van der Waals surface area contributed by atoms with Crippen molar-refractivity contribution in [3.63, 3.8) is 0 Å². The van der Waals surface area contributed by atoms with E-state index in [0.29, 0.717) is 9.75 Å². The van der Waals surface area contributed by atoms with Crippen LogP contribution < -0.4 is 0 Å². The molecule has 28 heavy (non-hydrogen) atoms. The van der Waals surface area contributed by atoms with E-state index in [0.717, 1.165) is 0 Å². The molecule has 0 aliphatic rings. The van der Waals surface area contributed by atoms with E-state index in [1.807, 2.05) is 0 Å². The summed E-state index contributed by atoms with van der Waals surface area (Å²) >= 11 is 2.58. The fourth-order valence-corrected chi connectivity index (χ4v) is 3.45. The summed E-state index contributed by atoms with van der Waals surface area (Å²) in [5.74, 6) is -2.26. The van der Waals surface area contributed by atoms with Gasteiger partial charge in [-0.3, -0.25) is 24.0 Å². The van der Waals surface area contributed by atoms with Crippen LogP contribution in [0.1, 0.15) is 45.0 Å². The van der Waals surface area contributed by atoms with Gasteiger partial charge in [-0.2, -0.15) is 0 Å². The molecule has 0 spiro atoms. The first-order valence-electron chi connectivity index (χ1n) is 8.42. The normalized spacial score (nSPS) is 10.3. The third-order valence-electron chi connectivity index (χ3n) is 3.49. The van der Waals surface area contributed by atoms with Crippen LogP contribution in [0.2, 0.25) is 0 Å². The first-order chi connectivity index (χ1) is 13.5. The first-order valence-corrected chi connectivity index (χ1v) is 10.2. The third-order valence-corrected chi connectivity index (χ3v) is 5.31. The van der Waals surface area contributed by atoms with Crippen molar-refractivity contribution in [2.24, 2.45) is 0 Å². The lowest BCUT2D eigenvalue weighted by Crippen LogP contribution is -2.21. The highest BCUT2D eigenvalue weighted by molar-refractivity contribution is 7.12. The Bertz CT molecular complexity index is 754. The number of carbonyl (C=O) groups excluding carboxylic acids is 5. The van der Waals surface area contributed by atoms with Gasteiger partial charge in [-0.15, -0.1) is 22.7 Å². The lowest BCUT2D eigenvalue weighted by Gasteiger charge is -2.05. The molecule has 148 valence electrons. The Morgan fingerprint density at radius 2 is 1.11 bits per heavy atom. The highest BCUT2D eigenvalue weighted by atomic mass is 32.1. The lowest BCUT2D eigenvalue weighted by atomic mass is 10.2. The van der Waals surface area contributed by atoms with E-state index in [1.165, 1.54) is 22.7 Å². The molecule has 7 nitrogen and oxygen atoms in total. The van der Waals surface area contributed by atoms with Gasteiger partial charge >= 0.3 is 11.9 Å². The number of carbonyl (C=O) groups is 5. The number of ketones is 3. The molecule has 2 heterocycles. The summed E-state index contributed by atoms with van der Waals surface area (Å²) in [4.78, 5) is 59.4. The van der Waals surface area contributed by atoms with Crippen LogP contribution in [-0.2, 0) is 23.9 Å². The minimum atomic E-state index is -0.675. The molecule has 0 N–H and O–H groups in total. The standard InChI is InChI=1S/C19H18O7S2/c20-13(11-25-18(23)7-5-14(21)16-3-1-9-27-16)12-26-19(24)8-6-15(22)17-4-2-10-28-17/h1-4,9-10H,5-8,11-12H2. The van der Waals surface area contributed by atoms with Crippen LogP contribution in [0.3, 0.4) is 0 Å². The molecule has 0 bridgehead atoms. The van der Waals surface area contributed by atoms with Crippen LogP contribution in [0, 0.1) is 0 Å². The molecule has 0 amide bonds. The number of hydrogen-bond donors (Lipinski definition) is 0. The van der Waals surface area contributed by atoms with Crippen LogP contribution in [0.4, 0.5) is 0 Å². The van der Waals surface area contributed by atoms with Gasteiger partial charge in [0.25, 0.3) is 0 Å².